The molecule has 1 amide bonds. The molecule has 0 aliphatic rings. The standard InChI is InChI=1S/C11H9N3O3/c1-13(10(15)6-12)7-3-4-9-8(5-7)14(2)11(16)17-9/h3-5H,1-2H3. The molecule has 1 heterocycles. The lowest BCUT2D eigenvalue weighted by Gasteiger charge is -2.12. The molecule has 0 N–H and O–H groups in total. The first-order chi connectivity index (χ1) is 8.04. The Hall–Kier alpha value is -2.55. The van der Waals surface area contributed by atoms with Crippen molar-refractivity contribution in [1.82, 2.24) is 4.57 Å². The van der Waals surface area contributed by atoms with Crippen LogP contribution < -0.4 is 10.7 Å². The third-order valence-electron chi connectivity index (χ3n) is 2.56. The van der Waals surface area contributed by atoms with E-state index in [1.54, 1.807) is 25.2 Å². The molecular weight excluding hydrogens is 222 g/mol. The van der Waals surface area contributed by atoms with Crippen molar-refractivity contribution >= 4 is 22.7 Å². The van der Waals surface area contributed by atoms with E-state index in [0.717, 1.165) is 0 Å². The van der Waals surface area contributed by atoms with E-state index < -0.39 is 11.7 Å². The molecule has 1 aromatic heterocycles. The number of oxazole rings is 1. The number of fused-ring (bicyclic) bond motifs is 1. The lowest BCUT2D eigenvalue weighted by atomic mass is 10.2. The van der Waals surface area contributed by atoms with Crippen molar-refractivity contribution in [3.05, 3.63) is 28.7 Å². The molecule has 0 saturated carbocycles. The number of hydrogen-bond donors (Lipinski definition) is 0. The van der Waals surface area contributed by atoms with Crippen LogP contribution in [-0.2, 0) is 11.8 Å². The molecule has 2 rings (SSSR count). The normalized spacial score (nSPS) is 10.2. The van der Waals surface area contributed by atoms with Crippen molar-refractivity contribution in [1.29, 1.82) is 5.26 Å². The third kappa shape index (κ3) is 1.67. The quantitative estimate of drug-likeness (QED) is 0.674. The SMILES string of the molecule is CN(C(=O)C#N)c1ccc2oc(=O)n(C)c2c1. The number of rotatable bonds is 1. The maximum atomic E-state index is 11.3. The minimum absolute atomic E-state index is 0.444. The fourth-order valence-corrected chi connectivity index (χ4v) is 1.52. The van der Waals surface area contributed by atoms with E-state index in [1.165, 1.54) is 22.6 Å². The summed E-state index contributed by atoms with van der Waals surface area (Å²) in [7, 11) is 3.06. The van der Waals surface area contributed by atoms with Gasteiger partial charge < -0.3 is 9.32 Å². The summed E-state index contributed by atoms with van der Waals surface area (Å²) in [5, 5.41) is 8.52. The second-order valence-corrected chi connectivity index (χ2v) is 3.55. The number of hydrogen-bond acceptors (Lipinski definition) is 4. The predicted octanol–water partition coefficient (Wildman–Crippen LogP) is 0.618. The summed E-state index contributed by atoms with van der Waals surface area (Å²) in [6.45, 7) is 0. The molecular formula is C11H9N3O3. The summed E-state index contributed by atoms with van der Waals surface area (Å²) in [4.78, 5) is 23.7. The minimum Gasteiger partial charge on any atom is -0.408 e. The van der Waals surface area contributed by atoms with Gasteiger partial charge in [0.25, 0.3) is 0 Å². The van der Waals surface area contributed by atoms with Gasteiger partial charge in [0, 0.05) is 19.8 Å². The predicted molar refractivity (Wildman–Crippen MR) is 60.5 cm³/mol. The number of nitrogens with zero attached hydrogens (tertiary/aromatic N) is 3. The molecule has 2 aromatic rings. The van der Waals surface area contributed by atoms with Crippen LogP contribution in [0.15, 0.2) is 27.4 Å². The molecule has 17 heavy (non-hydrogen) atoms. The van der Waals surface area contributed by atoms with Crippen LogP contribution in [-0.4, -0.2) is 17.5 Å². The summed E-state index contributed by atoms with van der Waals surface area (Å²) in [5.41, 5.74) is 1.55. The van der Waals surface area contributed by atoms with E-state index in [0.29, 0.717) is 16.8 Å². The molecule has 6 heteroatoms. The molecule has 0 aliphatic heterocycles. The number of carbonyl (C=O) groups is 1. The van der Waals surface area contributed by atoms with Gasteiger partial charge >= 0.3 is 11.7 Å². The molecule has 1 aromatic carbocycles. The Labute approximate surface area is 96.3 Å². The highest BCUT2D eigenvalue weighted by molar-refractivity contribution is 6.04. The molecule has 6 nitrogen and oxygen atoms in total. The van der Waals surface area contributed by atoms with Crippen LogP contribution in [0.2, 0.25) is 0 Å². The van der Waals surface area contributed by atoms with E-state index in [2.05, 4.69) is 0 Å². The summed E-state index contributed by atoms with van der Waals surface area (Å²) < 4.78 is 6.30. The van der Waals surface area contributed by atoms with Crippen molar-refractivity contribution in [2.75, 3.05) is 11.9 Å². The van der Waals surface area contributed by atoms with Crippen LogP contribution in [0.25, 0.3) is 11.1 Å². The van der Waals surface area contributed by atoms with E-state index in [-0.39, 0.29) is 0 Å². The first-order valence-corrected chi connectivity index (χ1v) is 4.82. The second kappa shape index (κ2) is 3.79. The Morgan fingerprint density at radius 1 is 1.53 bits per heavy atom. The molecule has 0 spiro atoms. The first-order valence-electron chi connectivity index (χ1n) is 4.82. The van der Waals surface area contributed by atoms with Gasteiger partial charge in [-0.3, -0.25) is 9.36 Å². The Balaban J connectivity index is 2.59. The Morgan fingerprint density at radius 3 is 2.88 bits per heavy atom. The number of carbonyl (C=O) groups excluding carboxylic acids is 1. The van der Waals surface area contributed by atoms with E-state index in [9.17, 15) is 9.59 Å². The van der Waals surface area contributed by atoms with Crippen molar-refractivity contribution in [3.8, 4) is 6.07 Å². The zero-order chi connectivity index (χ0) is 12.6. The number of anilines is 1. The molecule has 86 valence electrons. The zero-order valence-electron chi connectivity index (χ0n) is 9.30. The minimum atomic E-state index is -0.669. The molecule has 0 saturated heterocycles. The molecule has 0 bridgehead atoms. The van der Waals surface area contributed by atoms with Crippen LogP contribution in [0.3, 0.4) is 0 Å². The average Bonchev–Trinajstić information content (AvgIpc) is 2.63. The van der Waals surface area contributed by atoms with Crippen molar-refractivity contribution < 1.29 is 9.21 Å². The van der Waals surface area contributed by atoms with Crippen LogP contribution >= 0.6 is 0 Å². The Kier molecular flexibility index (Phi) is 2.44. The molecule has 0 atom stereocenters. The average molecular weight is 231 g/mol. The van der Waals surface area contributed by atoms with Crippen molar-refractivity contribution in [3.63, 3.8) is 0 Å². The Bertz CT molecular complexity index is 690. The monoisotopic (exact) mass is 231 g/mol. The fraction of sp³-hybridized carbons (Fsp3) is 0.182. The second-order valence-electron chi connectivity index (χ2n) is 3.55. The van der Waals surface area contributed by atoms with E-state index in [1.807, 2.05) is 0 Å². The van der Waals surface area contributed by atoms with Crippen LogP contribution in [0.4, 0.5) is 5.69 Å². The third-order valence-corrected chi connectivity index (χ3v) is 2.56. The van der Waals surface area contributed by atoms with E-state index >= 15 is 0 Å². The van der Waals surface area contributed by atoms with Gasteiger partial charge in [-0.1, -0.05) is 0 Å². The molecule has 0 fully saturated rings. The van der Waals surface area contributed by atoms with Crippen LogP contribution in [0.5, 0.6) is 0 Å². The number of amides is 1. The van der Waals surface area contributed by atoms with Gasteiger partial charge in [0.1, 0.15) is 0 Å². The van der Waals surface area contributed by atoms with Gasteiger partial charge in [-0.25, -0.2) is 4.79 Å². The number of benzene rings is 1. The lowest BCUT2D eigenvalue weighted by molar-refractivity contribution is -0.113. The lowest BCUT2D eigenvalue weighted by Crippen LogP contribution is -2.24. The van der Waals surface area contributed by atoms with Crippen molar-refractivity contribution in [2.24, 2.45) is 7.05 Å². The summed E-state index contributed by atoms with van der Waals surface area (Å²) >= 11 is 0. The fourth-order valence-electron chi connectivity index (χ4n) is 1.52. The molecule has 0 unspecified atom stereocenters. The molecule has 0 aliphatic carbocycles. The molecule has 0 radical (unpaired) electrons. The summed E-state index contributed by atoms with van der Waals surface area (Å²) in [6.07, 6.45) is 0. The van der Waals surface area contributed by atoms with Gasteiger partial charge in [-0.15, -0.1) is 0 Å². The largest absolute Gasteiger partial charge is 0.419 e. The topological polar surface area (TPSA) is 79.2 Å². The van der Waals surface area contributed by atoms with Gasteiger partial charge in [0.05, 0.1) is 5.52 Å². The summed E-state index contributed by atoms with van der Waals surface area (Å²) in [6, 6.07) is 6.35. The first kappa shape index (κ1) is 11.0. The number of aromatic nitrogens is 1. The van der Waals surface area contributed by atoms with Gasteiger partial charge in [0.2, 0.25) is 0 Å². The highest BCUT2D eigenvalue weighted by atomic mass is 16.4. The smallest absolute Gasteiger partial charge is 0.408 e. The Morgan fingerprint density at radius 2 is 2.24 bits per heavy atom. The van der Waals surface area contributed by atoms with Gasteiger partial charge in [-0.05, 0) is 18.2 Å². The van der Waals surface area contributed by atoms with Gasteiger partial charge in [0.15, 0.2) is 11.7 Å². The highest BCUT2D eigenvalue weighted by Gasteiger charge is 2.12. The van der Waals surface area contributed by atoms with Crippen LogP contribution in [0.1, 0.15) is 0 Å². The van der Waals surface area contributed by atoms with E-state index in [4.69, 9.17) is 9.68 Å². The number of aryl methyl sites for hydroxylation is 1. The van der Waals surface area contributed by atoms with Crippen LogP contribution in [0, 0.1) is 11.3 Å². The zero-order valence-corrected chi connectivity index (χ0v) is 9.30. The van der Waals surface area contributed by atoms with Gasteiger partial charge in [-0.2, -0.15) is 5.26 Å². The maximum absolute atomic E-state index is 11.3. The highest BCUT2D eigenvalue weighted by Crippen LogP contribution is 2.20. The number of nitriles is 1. The maximum Gasteiger partial charge on any atom is 0.419 e. The van der Waals surface area contributed by atoms with Crippen molar-refractivity contribution in [2.45, 2.75) is 0 Å². The summed E-state index contributed by atoms with van der Waals surface area (Å²) in [5.74, 6) is -1.13.